The molecule has 0 saturated heterocycles. The Morgan fingerprint density at radius 2 is 1.95 bits per heavy atom. The number of nitrogens with one attached hydrogen (secondary N) is 1. The standard InChI is InChI=1S/C14H15F2NO2S/c1-20-9-11-7-6-10(18-11)8-17-12-4-2-3-5-13(12)19-14(15)16/h2-7,14,17H,8-9H2,1H3. The van der Waals surface area contributed by atoms with Crippen molar-refractivity contribution in [3.63, 3.8) is 0 Å². The fraction of sp³-hybridized carbons (Fsp3) is 0.286. The lowest BCUT2D eigenvalue weighted by molar-refractivity contribution is -0.0493. The molecule has 0 atom stereocenters. The molecule has 0 aliphatic carbocycles. The van der Waals surface area contributed by atoms with E-state index < -0.39 is 6.61 Å². The first-order valence-electron chi connectivity index (χ1n) is 6.03. The molecule has 3 nitrogen and oxygen atoms in total. The van der Waals surface area contributed by atoms with Crippen LogP contribution in [0.2, 0.25) is 0 Å². The van der Waals surface area contributed by atoms with Crippen molar-refractivity contribution in [1.82, 2.24) is 0 Å². The van der Waals surface area contributed by atoms with Gasteiger partial charge in [0.25, 0.3) is 0 Å². The first kappa shape index (κ1) is 14.7. The molecule has 1 heterocycles. The van der Waals surface area contributed by atoms with Gasteiger partial charge in [0.15, 0.2) is 0 Å². The van der Waals surface area contributed by atoms with Gasteiger partial charge in [-0.2, -0.15) is 20.5 Å². The Bertz CT molecular complexity index is 545. The smallest absolute Gasteiger partial charge is 0.387 e. The van der Waals surface area contributed by atoms with Crippen LogP contribution in [0.1, 0.15) is 11.5 Å². The number of alkyl halides is 2. The summed E-state index contributed by atoms with van der Waals surface area (Å²) in [5.41, 5.74) is 0.510. The van der Waals surface area contributed by atoms with Crippen LogP contribution in [0.15, 0.2) is 40.8 Å². The van der Waals surface area contributed by atoms with Gasteiger partial charge >= 0.3 is 6.61 Å². The zero-order valence-corrected chi connectivity index (χ0v) is 11.8. The lowest BCUT2D eigenvalue weighted by atomic mass is 10.3. The molecule has 0 aliphatic heterocycles. The molecule has 0 bridgehead atoms. The summed E-state index contributed by atoms with van der Waals surface area (Å²) in [4.78, 5) is 0. The number of para-hydroxylation sites is 2. The zero-order chi connectivity index (χ0) is 14.4. The van der Waals surface area contributed by atoms with Gasteiger partial charge in [-0.3, -0.25) is 0 Å². The molecule has 1 aromatic carbocycles. The number of thioether (sulfide) groups is 1. The highest BCUT2D eigenvalue weighted by molar-refractivity contribution is 7.97. The van der Waals surface area contributed by atoms with Gasteiger partial charge in [0, 0.05) is 0 Å². The molecule has 2 rings (SSSR count). The van der Waals surface area contributed by atoms with Crippen LogP contribution in [0.5, 0.6) is 5.75 Å². The highest BCUT2D eigenvalue weighted by atomic mass is 32.2. The maximum Gasteiger partial charge on any atom is 0.387 e. The number of hydrogen-bond donors (Lipinski definition) is 1. The average Bonchev–Trinajstić information content (AvgIpc) is 2.85. The van der Waals surface area contributed by atoms with Crippen LogP contribution in [0.25, 0.3) is 0 Å². The summed E-state index contributed by atoms with van der Waals surface area (Å²) in [6.45, 7) is -2.42. The van der Waals surface area contributed by atoms with Crippen LogP contribution in [0.3, 0.4) is 0 Å². The molecule has 6 heteroatoms. The predicted molar refractivity (Wildman–Crippen MR) is 76.3 cm³/mol. The van der Waals surface area contributed by atoms with Crippen LogP contribution < -0.4 is 10.1 Å². The summed E-state index contributed by atoms with van der Waals surface area (Å²) in [5.74, 6) is 2.58. The third kappa shape index (κ3) is 4.16. The van der Waals surface area contributed by atoms with E-state index in [0.717, 1.165) is 17.3 Å². The summed E-state index contributed by atoms with van der Waals surface area (Å²) in [6.07, 6.45) is 2.00. The minimum absolute atomic E-state index is 0.124. The Kier molecular flexibility index (Phi) is 5.29. The van der Waals surface area contributed by atoms with Crippen molar-refractivity contribution >= 4 is 17.4 Å². The maximum atomic E-state index is 12.3. The number of benzene rings is 1. The minimum atomic E-state index is -2.84. The van der Waals surface area contributed by atoms with E-state index in [-0.39, 0.29) is 5.75 Å². The lowest BCUT2D eigenvalue weighted by Gasteiger charge is -2.11. The monoisotopic (exact) mass is 299 g/mol. The summed E-state index contributed by atoms with van der Waals surface area (Å²) < 4.78 is 34.6. The Morgan fingerprint density at radius 1 is 1.20 bits per heavy atom. The van der Waals surface area contributed by atoms with Crippen LogP contribution in [0, 0.1) is 0 Å². The van der Waals surface area contributed by atoms with E-state index in [4.69, 9.17) is 4.42 Å². The third-order valence-electron chi connectivity index (χ3n) is 2.56. The van der Waals surface area contributed by atoms with Crippen LogP contribution in [0.4, 0.5) is 14.5 Å². The van der Waals surface area contributed by atoms with E-state index in [1.165, 1.54) is 6.07 Å². The minimum Gasteiger partial charge on any atom is -0.463 e. The van der Waals surface area contributed by atoms with Gasteiger partial charge in [0.2, 0.25) is 0 Å². The molecule has 1 N–H and O–H groups in total. The molecule has 0 unspecified atom stereocenters. The second-order valence-electron chi connectivity index (χ2n) is 4.03. The van der Waals surface area contributed by atoms with Crippen molar-refractivity contribution in [2.24, 2.45) is 0 Å². The van der Waals surface area contributed by atoms with Gasteiger partial charge in [-0.15, -0.1) is 0 Å². The molecular weight excluding hydrogens is 284 g/mol. The van der Waals surface area contributed by atoms with Crippen LogP contribution in [-0.2, 0) is 12.3 Å². The zero-order valence-electron chi connectivity index (χ0n) is 10.9. The summed E-state index contributed by atoms with van der Waals surface area (Å²) in [6, 6.07) is 10.4. The number of halogens is 2. The van der Waals surface area contributed by atoms with E-state index in [1.54, 1.807) is 30.0 Å². The largest absolute Gasteiger partial charge is 0.463 e. The second-order valence-corrected chi connectivity index (χ2v) is 4.90. The third-order valence-corrected chi connectivity index (χ3v) is 3.13. The molecule has 0 saturated carbocycles. The molecule has 20 heavy (non-hydrogen) atoms. The van der Waals surface area contributed by atoms with E-state index in [1.807, 2.05) is 18.4 Å². The molecule has 0 fully saturated rings. The maximum absolute atomic E-state index is 12.3. The Labute approximate surface area is 120 Å². The van der Waals surface area contributed by atoms with Gasteiger partial charge in [-0.1, -0.05) is 12.1 Å². The number of furan rings is 1. The highest BCUT2D eigenvalue weighted by Gasteiger charge is 2.09. The molecular formula is C14H15F2NO2S. The first-order chi connectivity index (χ1) is 9.69. The van der Waals surface area contributed by atoms with Crippen molar-refractivity contribution in [2.75, 3.05) is 11.6 Å². The fourth-order valence-corrected chi connectivity index (χ4v) is 2.17. The van der Waals surface area contributed by atoms with Crippen molar-refractivity contribution in [2.45, 2.75) is 18.9 Å². The van der Waals surface area contributed by atoms with E-state index in [9.17, 15) is 8.78 Å². The average molecular weight is 299 g/mol. The number of hydrogen-bond acceptors (Lipinski definition) is 4. The van der Waals surface area contributed by atoms with Gasteiger partial charge < -0.3 is 14.5 Å². The Morgan fingerprint density at radius 3 is 2.70 bits per heavy atom. The van der Waals surface area contributed by atoms with E-state index in [0.29, 0.717) is 12.2 Å². The second kappa shape index (κ2) is 7.19. The van der Waals surface area contributed by atoms with Crippen molar-refractivity contribution in [1.29, 1.82) is 0 Å². The van der Waals surface area contributed by atoms with Crippen LogP contribution in [-0.4, -0.2) is 12.9 Å². The predicted octanol–water partition coefficient (Wildman–Crippen LogP) is 4.36. The lowest BCUT2D eigenvalue weighted by Crippen LogP contribution is -2.06. The number of ether oxygens (including phenoxy) is 1. The number of rotatable bonds is 7. The van der Waals surface area contributed by atoms with Gasteiger partial charge in [-0.05, 0) is 30.5 Å². The van der Waals surface area contributed by atoms with Gasteiger partial charge in [0.05, 0.1) is 18.0 Å². The first-order valence-corrected chi connectivity index (χ1v) is 7.42. The molecule has 1 aromatic heterocycles. The summed E-state index contributed by atoms with van der Waals surface area (Å²) in [7, 11) is 0. The summed E-state index contributed by atoms with van der Waals surface area (Å²) in [5, 5.41) is 3.03. The van der Waals surface area contributed by atoms with Crippen molar-refractivity contribution in [3.8, 4) is 5.75 Å². The summed E-state index contributed by atoms with van der Waals surface area (Å²) >= 11 is 1.67. The molecule has 0 aliphatic rings. The molecule has 108 valence electrons. The van der Waals surface area contributed by atoms with E-state index in [2.05, 4.69) is 10.1 Å². The van der Waals surface area contributed by atoms with E-state index >= 15 is 0 Å². The Hall–Kier alpha value is -1.69. The normalized spacial score (nSPS) is 10.8. The SMILES string of the molecule is CSCc1ccc(CNc2ccccc2OC(F)F)o1. The molecule has 0 amide bonds. The van der Waals surface area contributed by atoms with Crippen LogP contribution >= 0.6 is 11.8 Å². The van der Waals surface area contributed by atoms with Crippen molar-refractivity contribution in [3.05, 3.63) is 47.9 Å². The van der Waals surface area contributed by atoms with Gasteiger partial charge in [0.1, 0.15) is 17.3 Å². The van der Waals surface area contributed by atoms with Crippen molar-refractivity contribution < 1.29 is 17.9 Å². The molecule has 0 radical (unpaired) electrons. The molecule has 2 aromatic rings. The Balaban J connectivity index is 1.99. The topological polar surface area (TPSA) is 34.4 Å². The number of anilines is 1. The quantitative estimate of drug-likeness (QED) is 0.824. The van der Waals surface area contributed by atoms with Gasteiger partial charge in [-0.25, -0.2) is 0 Å². The fourth-order valence-electron chi connectivity index (χ4n) is 1.73. The molecule has 0 spiro atoms. The highest BCUT2D eigenvalue weighted by Crippen LogP contribution is 2.26.